The van der Waals surface area contributed by atoms with E-state index in [0.717, 1.165) is 23.6 Å². The van der Waals surface area contributed by atoms with Gasteiger partial charge in [0.05, 0.1) is 7.11 Å². The summed E-state index contributed by atoms with van der Waals surface area (Å²) in [4.78, 5) is 3.97. The highest BCUT2D eigenvalue weighted by Gasteiger charge is 2.14. The second-order valence-electron chi connectivity index (χ2n) is 5.48. The molecule has 1 heterocycles. The van der Waals surface area contributed by atoms with Gasteiger partial charge in [0, 0.05) is 23.6 Å². The maximum Gasteiger partial charge on any atom is 0.137 e. The van der Waals surface area contributed by atoms with Crippen LogP contribution in [-0.2, 0) is 6.54 Å². The lowest BCUT2D eigenvalue weighted by molar-refractivity contribution is 0.396. The van der Waals surface area contributed by atoms with Gasteiger partial charge in [-0.1, -0.05) is 24.6 Å². The molecule has 0 aliphatic heterocycles. The molecule has 124 valence electrons. The summed E-state index contributed by atoms with van der Waals surface area (Å²) in [6, 6.07) is 13.1. The van der Waals surface area contributed by atoms with Crippen LogP contribution in [0.4, 0.5) is 0 Å². The van der Waals surface area contributed by atoms with Gasteiger partial charge in [-0.05, 0) is 35.9 Å². The summed E-state index contributed by atoms with van der Waals surface area (Å²) >= 11 is 5.89. The average Bonchev–Trinajstić information content (AvgIpc) is 3.09. The molecular formula is C18H18ClN3O2. The van der Waals surface area contributed by atoms with Crippen LogP contribution in [0.25, 0.3) is 0 Å². The van der Waals surface area contributed by atoms with Gasteiger partial charge < -0.3 is 9.47 Å². The Morgan fingerprint density at radius 1 is 1.12 bits per heavy atom. The first-order valence-electron chi connectivity index (χ1n) is 7.59. The van der Waals surface area contributed by atoms with Gasteiger partial charge in [-0.3, -0.25) is 4.68 Å². The van der Waals surface area contributed by atoms with Gasteiger partial charge >= 0.3 is 0 Å². The van der Waals surface area contributed by atoms with Crippen LogP contribution in [0.5, 0.6) is 17.2 Å². The Kier molecular flexibility index (Phi) is 5.01. The standard InChI is InChI=1S/C18H18ClN3O2/c1-13(10-22-12-20-11-21-22)17-8-7-16(9-18(17)23-2)24-15-5-3-14(19)4-6-15/h3-9,11-13H,10H2,1-2H3. The molecule has 0 amide bonds. The predicted octanol–water partition coefficient (Wildman–Crippen LogP) is 4.54. The monoisotopic (exact) mass is 343 g/mol. The second-order valence-corrected chi connectivity index (χ2v) is 5.91. The molecule has 2 aromatic carbocycles. The third-order valence-corrected chi connectivity index (χ3v) is 3.96. The number of nitrogens with zero attached hydrogens (tertiary/aromatic N) is 3. The Morgan fingerprint density at radius 2 is 1.88 bits per heavy atom. The van der Waals surface area contributed by atoms with Crippen LogP contribution in [0.1, 0.15) is 18.4 Å². The van der Waals surface area contributed by atoms with Crippen LogP contribution < -0.4 is 9.47 Å². The summed E-state index contributed by atoms with van der Waals surface area (Å²) in [5.41, 5.74) is 1.09. The smallest absolute Gasteiger partial charge is 0.137 e. The lowest BCUT2D eigenvalue weighted by Gasteiger charge is -2.17. The van der Waals surface area contributed by atoms with Crippen molar-refractivity contribution in [2.45, 2.75) is 19.4 Å². The van der Waals surface area contributed by atoms with Crippen LogP contribution in [0.15, 0.2) is 55.1 Å². The Labute approximate surface area is 145 Å². The number of rotatable bonds is 6. The fourth-order valence-electron chi connectivity index (χ4n) is 2.51. The van der Waals surface area contributed by atoms with E-state index in [9.17, 15) is 0 Å². The lowest BCUT2D eigenvalue weighted by atomic mass is 10.00. The molecule has 24 heavy (non-hydrogen) atoms. The molecule has 0 fully saturated rings. The van der Waals surface area contributed by atoms with E-state index in [0.29, 0.717) is 10.8 Å². The maximum atomic E-state index is 5.89. The third-order valence-electron chi connectivity index (χ3n) is 3.71. The summed E-state index contributed by atoms with van der Waals surface area (Å²) in [6.07, 6.45) is 3.24. The minimum absolute atomic E-state index is 0.228. The normalized spacial score (nSPS) is 12.0. The van der Waals surface area contributed by atoms with E-state index < -0.39 is 0 Å². The highest BCUT2D eigenvalue weighted by molar-refractivity contribution is 6.30. The molecule has 6 heteroatoms. The minimum Gasteiger partial charge on any atom is -0.496 e. The van der Waals surface area contributed by atoms with Crippen LogP contribution in [0.3, 0.4) is 0 Å². The van der Waals surface area contributed by atoms with Gasteiger partial charge in [-0.15, -0.1) is 0 Å². The summed E-state index contributed by atoms with van der Waals surface area (Å²) in [5.74, 6) is 2.45. The summed E-state index contributed by atoms with van der Waals surface area (Å²) in [6.45, 7) is 2.85. The van der Waals surface area contributed by atoms with E-state index in [-0.39, 0.29) is 5.92 Å². The van der Waals surface area contributed by atoms with Gasteiger partial charge in [0.2, 0.25) is 0 Å². The SMILES string of the molecule is COc1cc(Oc2ccc(Cl)cc2)ccc1C(C)Cn1cncn1. The molecular weight excluding hydrogens is 326 g/mol. The molecule has 0 saturated carbocycles. The zero-order valence-electron chi connectivity index (χ0n) is 13.5. The topological polar surface area (TPSA) is 49.2 Å². The fourth-order valence-corrected chi connectivity index (χ4v) is 2.63. The first-order valence-corrected chi connectivity index (χ1v) is 7.97. The van der Waals surface area contributed by atoms with E-state index in [1.54, 1.807) is 25.6 Å². The number of aromatic nitrogens is 3. The van der Waals surface area contributed by atoms with Crippen LogP contribution in [0.2, 0.25) is 5.02 Å². The number of benzene rings is 2. The van der Waals surface area contributed by atoms with E-state index in [1.165, 1.54) is 6.33 Å². The number of hydrogen-bond donors (Lipinski definition) is 0. The maximum absolute atomic E-state index is 5.89. The fraction of sp³-hybridized carbons (Fsp3) is 0.222. The van der Waals surface area contributed by atoms with Crippen molar-refractivity contribution in [1.29, 1.82) is 0 Å². The third kappa shape index (κ3) is 3.86. The molecule has 1 atom stereocenters. The van der Waals surface area contributed by atoms with Gasteiger partial charge in [0.1, 0.15) is 29.9 Å². The van der Waals surface area contributed by atoms with Gasteiger partial charge in [-0.2, -0.15) is 5.10 Å². The van der Waals surface area contributed by atoms with Gasteiger partial charge in [0.25, 0.3) is 0 Å². The molecule has 0 saturated heterocycles. The van der Waals surface area contributed by atoms with Gasteiger partial charge in [-0.25, -0.2) is 4.98 Å². The van der Waals surface area contributed by atoms with Crippen LogP contribution in [-0.4, -0.2) is 21.9 Å². The minimum atomic E-state index is 0.228. The van der Waals surface area contributed by atoms with Gasteiger partial charge in [0.15, 0.2) is 0 Å². The predicted molar refractivity (Wildman–Crippen MR) is 93.0 cm³/mol. The molecule has 3 aromatic rings. The van der Waals surface area contributed by atoms with E-state index in [1.807, 2.05) is 35.0 Å². The van der Waals surface area contributed by atoms with Crippen LogP contribution >= 0.6 is 11.6 Å². The molecule has 5 nitrogen and oxygen atoms in total. The average molecular weight is 344 g/mol. The van der Waals surface area contributed by atoms with Crippen molar-refractivity contribution in [2.24, 2.45) is 0 Å². The molecule has 0 bridgehead atoms. The summed E-state index contributed by atoms with van der Waals surface area (Å²) < 4.78 is 13.2. The quantitative estimate of drug-likeness (QED) is 0.659. The van der Waals surface area contributed by atoms with E-state index in [4.69, 9.17) is 21.1 Å². The molecule has 0 N–H and O–H groups in total. The molecule has 3 rings (SSSR count). The largest absolute Gasteiger partial charge is 0.496 e. The number of methoxy groups -OCH3 is 1. The van der Waals surface area contributed by atoms with Crippen molar-refractivity contribution in [3.05, 3.63) is 65.7 Å². The van der Waals surface area contributed by atoms with Crippen LogP contribution in [0, 0.1) is 0 Å². The van der Waals surface area contributed by atoms with Crippen molar-refractivity contribution in [3.8, 4) is 17.2 Å². The van der Waals surface area contributed by atoms with Crippen molar-refractivity contribution < 1.29 is 9.47 Å². The molecule has 1 unspecified atom stereocenters. The van der Waals surface area contributed by atoms with E-state index in [2.05, 4.69) is 17.0 Å². The van der Waals surface area contributed by atoms with Crippen molar-refractivity contribution in [2.75, 3.05) is 7.11 Å². The molecule has 0 aliphatic carbocycles. The molecule has 0 aliphatic rings. The first-order chi connectivity index (χ1) is 11.7. The zero-order chi connectivity index (χ0) is 16.9. The first kappa shape index (κ1) is 16.3. The zero-order valence-corrected chi connectivity index (χ0v) is 14.3. The Bertz CT molecular complexity index is 789. The van der Waals surface area contributed by atoms with Crippen molar-refractivity contribution in [1.82, 2.24) is 14.8 Å². The molecule has 0 radical (unpaired) electrons. The molecule has 0 spiro atoms. The van der Waals surface area contributed by atoms with E-state index >= 15 is 0 Å². The van der Waals surface area contributed by atoms with Crippen molar-refractivity contribution in [3.63, 3.8) is 0 Å². The Morgan fingerprint density at radius 3 is 2.54 bits per heavy atom. The number of hydrogen-bond acceptors (Lipinski definition) is 4. The summed E-state index contributed by atoms with van der Waals surface area (Å²) in [5, 5.41) is 4.82. The second kappa shape index (κ2) is 7.36. The highest BCUT2D eigenvalue weighted by atomic mass is 35.5. The number of halogens is 1. The summed E-state index contributed by atoms with van der Waals surface area (Å²) in [7, 11) is 1.66. The lowest BCUT2D eigenvalue weighted by Crippen LogP contribution is -2.08. The highest BCUT2D eigenvalue weighted by Crippen LogP contribution is 2.33. The Balaban J connectivity index is 1.78. The van der Waals surface area contributed by atoms with Crippen molar-refractivity contribution >= 4 is 11.6 Å². The number of ether oxygens (including phenoxy) is 2. The molecule has 1 aromatic heterocycles. The Hall–Kier alpha value is -2.53.